The van der Waals surface area contributed by atoms with Crippen molar-refractivity contribution in [2.24, 2.45) is 5.92 Å². The van der Waals surface area contributed by atoms with Crippen LogP contribution in [0.2, 0.25) is 0 Å². The van der Waals surface area contributed by atoms with Gasteiger partial charge in [-0.3, -0.25) is 19.3 Å². The molecule has 3 aromatic rings. The number of benzene rings is 1. The fourth-order valence-electron chi connectivity index (χ4n) is 2.79. The van der Waals surface area contributed by atoms with Crippen LogP contribution in [0.1, 0.15) is 29.8 Å². The van der Waals surface area contributed by atoms with Crippen LogP contribution in [0, 0.1) is 11.7 Å². The molecule has 0 fully saturated rings. The summed E-state index contributed by atoms with van der Waals surface area (Å²) in [6, 6.07) is 10.2. The standard InChI is InChI=1S/C21H22FN5O2/c1-14(2)19(25-20(28)16-5-3-4-6-17(16)22)21(29)24-18-9-12-27(26-18)13-15-7-10-23-11-8-15/h3-12,14,19H,13H2,1-2H3,(H,25,28)(H,24,26,29). The third kappa shape index (κ3) is 5.25. The SMILES string of the molecule is CC(C)C(NC(=O)c1ccccc1F)C(=O)Nc1ccn(Cc2ccncc2)n1. The zero-order valence-electron chi connectivity index (χ0n) is 16.2. The molecule has 3 rings (SSSR count). The molecular formula is C21H22FN5O2. The second kappa shape index (κ2) is 9.09. The van der Waals surface area contributed by atoms with Gasteiger partial charge in [0.15, 0.2) is 5.82 Å². The maximum Gasteiger partial charge on any atom is 0.254 e. The number of rotatable bonds is 7. The van der Waals surface area contributed by atoms with Crippen LogP contribution in [-0.4, -0.2) is 32.6 Å². The van der Waals surface area contributed by atoms with Gasteiger partial charge in [0.25, 0.3) is 5.91 Å². The van der Waals surface area contributed by atoms with Gasteiger partial charge in [-0.2, -0.15) is 5.10 Å². The van der Waals surface area contributed by atoms with Crippen molar-refractivity contribution in [3.63, 3.8) is 0 Å². The minimum atomic E-state index is -0.840. The highest BCUT2D eigenvalue weighted by Crippen LogP contribution is 2.12. The topological polar surface area (TPSA) is 88.9 Å². The summed E-state index contributed by atoms with van der Waals surface area (Å²) in [5, 5.41) is 9.65. The zero-order valence-corrected chi connectivity index (χ0v) is 16.2. The van der Waals surface area contributed by atoms with Crippen molar-refractivity contribution in [1.82, 2.24) is 20.1 Å². The highest BCUT2D eigenvalue weighted by molar-refractivity contribution is 6.01. The number of aromatic nitrogens is 3. The molecule has 1 aromatic carbocycles. The summed E-state index contributed by atoms with van der Waals surface area (Å²) >= 11 is 0. The van der Waals surface area contributed by atoms with Gasteiger partial charge in [0.05, 0.1) is 12.1 Å². The number of anilines is 1. The van der Waals surface area contributed by atoms with Gasteiger partial charge in [-0.15, -0.1) is 0 Å². The molecule has 0 aliphatic carbocycles. The van der Waals surface area contributed by atoms with E-state index in [2.05, 4.69) is 20.7 Å². The van der Waals surface area contributed by atoms with E-state index in [1.165, 1.54) is 18.2 Å². The Morgan fingerprint density at radius 3 is 2.52 bits per heavy atom. The summed E-state index contributed by atoms with van der Waals surface area (Å²) < 4.78 is 15.5. The lowest BCUT2D eigenvalue weighted by molar-refractivity contribution is -0.118. The molecule has 0 aliphatic rings. The molecule has 0 saturated carbocycles. The quantitative estimate of drug-likeness (QED) is 0.644. The van der Waals surface area contributed by atoms with Gasteiger partial charge >= 0.3 is 0 Å². The van der Waals surface area contributed by atoms with Gasteiger partial charge in [0.2, 0.25) is 5.91 Å². The lowest BCUT2D eigenvalue weighted by Gasteiger charge is -2.21. The fraction of sp³-hybridized carbons (Fsp3) is 0.238. The van der Waals surface area contributed by atoms with Crippen LogP contribution in [0.15, 0.2) is 61.1 Å². The number of amides is 2. The first-order valence-corrected chi connectivity index (χ1v) is 9.22. The molecule has 2 amide bonds. The van der Waals surface area contributed by atoms with Crippen molar-refractivity contribution >= 4 is 17.6 Å². The van der Waals surface area contributed by atoms with E-state index < -0.39 is 23.7 Å². The largest absolute Gasteiger partial charge is 0.340 e. The molecule has 0 saturated heterocycles. The molecule has 150 valence electrons. The van der Waals surface area contributed by atoms with Crippen molar-refractivity contribution in [2.75, 3.05) is 5.32 Å². The number of halogens is 1. The van der Waals surface area contributed by atoms with E-state index in [1.807, 2.05) is 12.1 Å². The summed E-state index contributed by atoms with van der Waals surface area (Å²) in [4.78, 5) is 29.1. The number of hydrogen-bond acceptors (Lipinski definition) is 4. The highest BCUT2D eigenvalue weighted by Gasteiger charge is 2.26. The summed E-state index contributed by atoms with van der Waals surface area (Å²) in [6.45, 7) is 4.14. The molecule has 0 bridgehead atoms. The van der Waals surface area contributed by atoms with Gasteiger partial charge in [-0.25, -0.2) is 4.39 Å². The summed E-state index contributed by atoms with van der Waals surface area (Å²) in [7, 11) is 0. The van der Waals surface area contributed by atoms with Crippen LogP contribution >= 0.6 is 0 Å². The first-order valence-electron chi connectivity index (χ1n) is 9.22. The average molecular weight is 395 g/mol. The number of carbonyl (C=O) groups is 2. The molecule has 7 nitrogen and oxygen atoms in total. The maximum absolute atomic E-state index is 13.8. The van der Waals surface area contributed by atoms with Crippen LogP contribution < -0.4 is 10.6 Å². The van der Waals surface area contributed by atoms with Crippen LogP contribution in [0.5, 0.6) is 0 Å². The molecule has 2 heterocycles. The van der Waals surface area contributed by atoms with Gasteiger partial charge in [0.1, 0.15) is 11.9 Å². The predicted molar refractivity (Wildman–Crippen MR) is 107 cm³/mol. The fourth-order valence-corrected chi connectivity index (χ4v) is 2.79. The van der Waals surface area contributed by atoms with Crippen molar-refractivity contribution in [3.05, 3.63) is 78.0 Å². The van der Waals surface area contributed by atoms with Crippen molar-refractivity contribution < 1.29 is 14.0 Å². The maximum atomic E-state index is 13.8. The first kappa shape index (κ1) is 20.2. The Morgan fingerprint density at radius 2 is 1.83 bits per heavy atom. The number of hydrogen-bond donors (Lipinski definition) is 2. The van der Waals surface area contributed by atoms with Gasteiger partial charge < -0.3 is 10.6 Å². The first-order chi connectivity index (χ1) is 13.9. The third-order valence-corrected chi connectivity index (χ3v) is 4.34. The second-order valence-electron chi connectivity index (χ2n) is 6.92. The average Bonchev–Trinajstić information content (AvgIpc) is 3.13. The number of nitrogens with one attached hydrogen (secondary N) is 2. The number of nitrogens with zero attached hydrogens (tertiary/aromatic N) is 3. The normalized spacial score (nSPS) is 11.9. The van der Waals surface area contributed by atoms with Gasteiger partial charge in [-0.05, 0) is 35.7 Å². The Labute approximate surface area is 168 Å². The molecule has 2 N–H and O–H groups in total. The molecule has 0 spiro atoms. The van der Waals surface area contributed by atoms with Crippen molar-refractivity contribution in [2.45, 2.75) is 26.4 Å². The van der Waals surface area contributed by atoms with Gasteiger partial charge in [-0.1, -0.05) is 26.0 Å². The molecule has 29 heavy (non-hydrogen) atoms. The second-order valence-corrected chi connectivity index (χ2v) is 6.92. The van der Waals surface area contributed by atoms with E-state index in [-0.39, 0.29) is 11.5 Å². The van der Waals surface area contributed by atoms with Crippen LogP contribution in [0.25, 0.3) is 0 Å². The van der Waals surface area contributed by atoms with E-state index in [0.29, 0.717) is 12.4 Å². The molecular weight excluding hydrogens is 373 g/mol. The predicted octanol–water partition coefficient (Wildman–Crippen LogP) is 2.86. The summed E-state index contributed by atoms with van der Waals surface area (Å²) in [6.07, 6.45) is 5.15. The van der Waals surface area contributed by atoms with Crippen LogP contribution in [0.3, 0.4) is 0 Å². The zero-order chi connectivity index (χ0) is 20.8. The monoisotopic (exact) mass is 395 g/mol. The van der Waals surface area contributed by atoms with E-state index in [0.717, 1.165) is 5.56 Å². The Morgan fingerprint density at radius 1 is 1.10 bits per heavy atom. The van der Waals surface area contributed by atoms with Crippen LogP contribution in [0.4, 0.5) is 10.2 Å². The lowest BCUT2D eigenvalue weighted by atomic mass is 10.0. The minimum absolute atomic E-state index is 0.104. The Bertz CT molecular complexity index is 988. The van der Waals surface area contributed by atoms with Crippen molar-refractivity contribution in [1.29, 1.82) is 0 Å². The van der Waals surface area contributed by atoms with E-state index in [9.17, 15) is 14.0 Å². The molecule has 1 atom stereocenters. The molecule has 8 heteroatoms. The summed E-state index contributed by atoms with van der Waals surface area (Å²) in [5.41, 5.74) is 0.922. The molecule has 0 aliphatic heterocycles. The minimum Gasteiger partial charge on any atom is -0.340 e. The van der Waals surface area contributed by atoms with E-state index in [1.54, 1.807) is 49.3 Å². The Kier molecular flexibility index (Phi) is 6.33. The number of carbonyl (C=O) groups excluding carboxylic acids is 2. The Balaban J connectivity index is 1.66. The third-order valence-electron chi connectivity index (χ3n) is 4.34. The molecule has 0 radical (unpaired) electrons. The van der Waals surface area contributed by atoms with E-state index >= 15 is 0 Å². The Hall–Kier alpha value is -3.55. The molecule has 2 aromatic heterocycles. The lowest BCUT2D eigenvalue weighted by Crippen LogP contribution is -2.47. The molecule has 1 unspecified atom stereocenters. The number of pyridine rings is 1. The van der Waals surface area contributed by atoms with E-state index in [4.69, 9.17) is 0 Å². The summed E-state index contributed by atoms with van der Waals surface area (Å²) in [5.74, 6) is -1.53. The smallest absolute Gasteiger partial charge is 0.254 e. The van der Waals surface area contributed by atoms with Crippen molar-refractivity contribution in [3.8, 4) is 0 Å². The highest BCUT2D eigenvalue weighted by atomic mass is 19.1. The van der Waals surface area contributed by atoms with Crippen LogP contribution in [-0.2, 0) is 11.3 Å². The van der Waals surface area contributed by atoms with Gasteiger partial charge in [0, 0.05) is 24.7 Å².